The van der Waals surface area contributed by atoms with E-state index in [-0.39, 0.29) is 5.75 Å². The SMILES string of the molecule is CCCCS(=O)(=O)O.NCCCCCCN. The van der Waals surface area contributed by atoms with E-state index in [4.69, 9.17) is 16.0 Å². The summed E-state index contributed by atoms with van der Waals surface area (Å²) in [7, 11) is -3.69. The molecule has 5 nitrogen and oxygen atoms in total. The highest BCUT2D eigenvalue weighted by Crippen LogP contribution is 1.95. The molecule has 0 spiro atoms. The Labute approximate surface area is 99.3 Å². The molecule has 0 bridgehead atoms. The lowest BCUT2D eigenvalue weighted by Crippen LogP contribution is -2.02. The van der Waals surface area contributed by atoms with Gasteiger partial charge in [-0.15, -0.1) is 0 Å². The van der Waals surface area contributed by atoms with Crippen LogP contribution in [0.5, 0.6) is 0 Å². The summed E-state index contributed by atoms with van der Waals surface area (Å²) in [4.78, 5) is 0. The molecule has 0 amide bonds. The quantitative estimate of drug-likeness (QED) is 0.445. The van der Waals surface area contributed by atoms with Gasteiger partial charge in [0.2, 0.25) is 0 Å². The molecular formula is C10H26N2O3S. The molecule has 6 heteroatoms. The zero-order chi connectivity index (χ0) is 12.9. The Hall–Kier alpha value is -0.170. The highest BCUT2D eigenvalue weighted by molar-refractivity contribution is 7.85. The Morgan fingerprint density at radius 2 is 1.38 bits per heavy atom. The molecule has 0 aromatic rings. The molecule has 0 aliphatic carbocycles. The van der Waals surface area contributed by atoms with Crippen molar-refractivity contribution < 1.29 is 13.0 Å². The van der Waals surface area contributed by atoms with E-state index in [0.717, 1.165) is 32.4 Å². The van der Waals surface area contributed by atoms with Crippen LogP contribution in [0.1, 0.15) is 45.4 Å². The van der Waals surface area contributed by atoms with Crippen molar-refractivity contribution in [3.8, 4) is 0 Å². The standard InChI is InChI=1S/C6H16N2.C4H10O3S/c7-5-3-1-2-4-6-8;1-2-3-4-8(5,6)7/h1-8H2;2-4H2,1H3,(H,5,6,7). The van der Waals surface area contributed by atoms with Gasteiger partial charge in [0.25, 0.3) is 10.1 Å². The van der Waals surface area contributed by atoms with Crippen LogP contribution in [0, 0.1) is 0 Å². The first-order chi connectivity index (χ1) is 7.47. The molecule has 0 aromatic heterocycles. The number of hydrogen-bond donors (Lipinski definition) is 3. The van der Waals surface area contributed by atoms with Gasteiger partial charge in [0.1, 0.15) is 0 Å². The number of rotatable bonds is 8. The molecule has 0 aliphatic rings. The topological polar surface area (TPSA) is 106 Å². The summed E-state index contributed by atoms with van der Waals surface area (Å²) < 4.78 is 28.0. The Morgan fingerprint density at radius 1 is 0.938 bits per heavy atom. The van der Waals surface area contributed by atoms with E-state index in [9.17, 15) is 8.42 Å². The maximum absolute atomic E-state index is 9.95. The largest absolute Gasteiger partial charge is 0.330 e. The summed E-state index contributed by atoms with van der Waals surface area (Å²) >= 11 is 0. The number of unbranched alkanes of at least 4 members (excludes halogenated alkanes) is 4. The average molecular weight is 254 g/mol. The normalized spacial score (nSPS) is 10.8. The van der Waals surface area contributed by atoms with Gasteiger partial charge in [-0.05, 0) is 32.4 Å². The van der Waals surface area contributed by atoms with Crippen LogP contribution < -0.4 is 11.5 Å². The predicted octanol–water partition coefficient (Wildman–Crippen LogP) is 1.14. The van der Waals surface area contributed by atoms with Crippen LogP contribution in [0.4, 0.5) is 0 Å². The van der Waals surface area contributed by atoms with E-state index >= 15 is 0 Å². The minimum Gasteiger partial charge on any atom is -0.330 e. The highest BCUT2D eigenvalue weighted by Gasteiger charge is 2.00. The van der Waals surface area contributed by atoms with Crippen LogP contribution in [0.2, 0.25) is 0 Å². The fourth-order valence-corrected chi connectivity index (χ4v) is 1.62. The lowest BCUT2D eigenvalue weighted by atomic mass is 10.2. The van der Waals surface area contributed by atoms with E-state index < -0.39 is 10.1 Å². The third-order valence-corrected chi connectivity index (χ3v) is 2.72. The molecular weight excluding hydrogens is 228 g/mol. The third-order valence-electron chi connectivity index (χ3n) is 1.91. The highest BCUT2D eigenvalue weighted by atomic mass is 32.2. The molecule has 0 radical (unpaired) electrons. The first-order valence-electron chi connectivity index (χ1n) is 5.83. The summed E-state index contributed by atoms with van der Waals surface area (Å²) in [5.41, 5.74) is 10.6. The minimum absolute atomic E-state index is 0.108. The Balaban J connectivity index is 0. The van der Waals surface area contributed by atoms with E-state index in [0.29, 0.717) is 6.42 Å². The Bertz CT molecular complexity index is 212. The maximum Gasteiger partial charge on any atom is 0.264 e. The second-order valence-corrected chi connectivity index (χ2v) is 5.20. The van der Waals surface area contributed by atoms with E-state index in [1.165, 1.54) is 12.8 Å². The molecule has 100 valence electrons. The molecule has 16 heavy (non-hydrogen) atoms. The molecule has 0 heterocycles. The van der Waals surface area contributed by atoms with Crippen LogP contribution >= 0.6 is 0 Å². The van der Waals surface area contributed by atoms with Gasteiger partial charge in [0, 0.05) is 0 Å². The van der Waals surface area contributed by atoms with Crippen molar-refractivity contribution in [1.82, 2.24) is 0 Å². The van der Waals surface area contributed by atoms with Crippen molar-refractivity contribution in [2.75, 3.05) is 18.8 Å². The summed E-state index contributed by atoms with van der Waals surface area (Å²) in [5, 5.41) is 0. The van der Waals surface area contributed by atoms with Gasteiger partial charge in [0.05, 0.1) is 5.75 Å². The lowest BCUT2D eigenvalue weighted by molar-refractivity contribution is 0.480. The van der Waals surface area contributed by atoms with Crippen molar-refractivity contribution in [1.29, 1.82) is 0 Å². The molecule has 0 unspecified atom stereocenters. The molecule has 0 fully saturated rings. The molecule has 0 saturated heterocycles. The lowest BCUT2D eigenvalue weighted by Gasteiger charge is -1.94. The first kappa shape index (κ1) is 18.2. The average Bonchev–Trinajstić information content (AvgIpc) is 2.22. The predicted molar refractivity (Wildman–Crippen MR) is 67.9 cm³/mol. The van der Waals surface area contributed by atoms with Crippen LogP contribution in [-0.4, -0.2) is 31.8 Å². The van der Waals surface area contributed by atoms with Gasteiger partial charge in [0.15, 0.2) is 0 Å². The fourth-order valence-electron chi connectivity index (χ4n) is 0.969. The number of nitrogens with two attached hydrogens (primary N) is 2. The number of hydrogen-bond acceptors (Lipinski definition) is 4. The van der Waals surface area contributed by atoms with Crippen LogP contribution in [0.15, 0.2) is 0 Å². The second kappa shape index (κ2) is 12.9. The van der Waals surface area contributed by atoms with Gasteiger partial charge in [-0.3, -0.25) is 4.55 Å². The zero-order valence-electron chi connectivity index (χ0n) is 10.2. The van der Waals surface area contributed by atoms with E-state index in [2.05, 4.69) is 0 Å². The molecule has 0 saturated carbocycles. The van der Waals surface area contributed by atoms with Gasteiger partial charge in [-0.2, -0.15) is 8.42 Å². The summed E-state index contributed by atoms with van der Waals surface area (Å²) in [5.74, 6) is -0.108. The van der Waals surface area contributed by atoms with Gasteiger partial charge < -0.3 is 11.5 Å². The Morgan fingerprint density at radius 3 is 1.56 bits per heavy atom. The zero-order valence-corrected chi connectivity index (χ0v) is 11.0. The first-order valence-corrected chi connectivity index (χ1v) is 7.44. The van der Waals surface area contributed by atoms with Gasteiger partial charge in [-0.1, -0.05) is 26.2 Å². The third kappa shape index (κ3) is 23.6. The fraction of sp³-hybridized carbons (Fsp3) is 1.00. The monoisotopic (exact) mass is 254 g/mol. The van der Waals surface area contributed by atoms with Crippen molar-refractivity contribution in [2.45, 2.75) is 45.4 Å². The van der Waals surface area contributed by atoms with Crippen molar-refractivity contribution in [3.63, 3.8) is 0 Å². The van der Waals surface area contributed by atoms with Gasteiger partial charge >= 0.3 is 0 Å². The summed E-state index contributed by atoms with van der Waals surface area (Å²) in [6, 6.07) is 0. The van der Waals surface area contributed by atoms with Crippen molar-refractivity contribution in [2.24, 2.45) is 11.5 Å². The molecule has 5 N–H and O–H groups in total. The minimum atomic E-state index is -3.69. The maximum atomic E-state index is 9.95. The molecule has 0 rings (SSSR count). The van der Waals surface area contributed by atoms with Crippen molar-refractivity contribution >= 4 is 10.1 Å². The summed E-state index contributed by atoms with van der Waals surface area (Å²) in [6.45, 7) is 3.51. The Kier molecular flexibility index (Phi) is 14.7. The van der Waals surface area contributed by atoms with Crippen LogP contribution in [0.3, 0.4) is 0 Å². The second-order valence-electron chi connectivity index (χ2n) is 3.63. The van der Waals surface area contributed by atoms with E-state index in [1.807, 2.05) is 6.92 Å². The van der Waals surface area contributed by atoms with Crippen molar-refractivity contribution in [3.05, 3.63) is 0 Å². The molecule has 0 atom stereocenters. The summed E-state index contributed by atoms with van der Waals surface area (Å²) in [6.07, 6.45) is 6.13. The smallest absolute Gasteiger partial charge is 0.264 e. The van der Waals surface area contributed by atoms with Gasteiger partial charge in [-0.25, -0.2) is 0 Å². The van der Waals surface area contributed by atoms with E-state index in [1.54, 1.807) is 0 Å². The molecule has 0 aliphatic heterocycles. The molecule has 0 aromatic carbocycles. The van der Waals surface area contributed by atoms with Crippen LogP contribution in [0.25, 0.3) is 0 Å². The van der Waals surface area contributed by atoms with Crippen LogP contribution in [-0.2, 0) is 10.1 Å².